The standard InChI is InChI=1S/C22H17ClN2O3S/c1-11-14-9-6-10-15(23)19(14)28-18(11)21(27)25-22-17(20(24)26)16(12(2)29-22)13-7-4-3-5-8-13/h3-10H,1-2H3,(H2,24,26)(H,25,27). The molecule has 0 unspecified atom stereocenters. The second kappa shape index (κ2) is 7.39. The molecule has 2 aromatic heterocycles. The number of benzene rings is 2. The minimum atomic E-state index is -0.604. The maximum atomic E-state index is 13.0. The number of halogens is 1. The van der Waals surface area contributed by atoms with E-state index < -0.39 is 11.8 Å². The van der Waals surface area contributed by atoms with Gasteiger partial charge in [0.15, 0.2) is 11.3 Å². The van der Waals surface area contributed by atoms with Crippen LogP contribution in [0.15, 0.2) is 52.9 Å². The second-order valence-electron chi connectivity index (χ2n) is 6.59. The van der Waals surface area contributed by atoms with E-state index >= 15 is 0 Å². The van der Waals surface area contributed by atoms with Crippen molar-refractivity contribution in [2.75, 3.05) is 5.32 Å². The molecule has 0 radical (unpaired) electrons. The van der Waals surface area contributed by atoms with Crippen LogP contribution in [0.1, 0.15) is 31.4 Å². The monoisotopic (exact) mass is 424 g/mol. The Morgan fingerprint density at radius 2 is 1.79 bits per heavy atom. The first-order chi connectivity index (χ1) is 13.9. The van der Waals surface area contributed by atoms with Gasteiger partial charge in [-0.15, -0.1) is 11.3 Å². The van der Waals surface area contributed by atoms with Gasteiger partial charge in [-0.05, 0) is 25.5 Å². The van der Waals surface area contributed by atoms with Gasteiger partial charge in [0.1, 0.15) is 5.00 Å². The molecule has 146 valence electrons. The summed E-state index contributed by atoms with van der Waals surface area (Å²) < 4.78 is 5.73. The zero-order valence-electron chi connectivity index (χ0n) is 15.7. The number of nitrogens with one attached hydrogen (secondary N) is 1. The fraction of sp³-hybridized carbons (Fsp3) is 0.0909. The Hall–Kier alpha value is -3.09. The molecular weight excluding hydrogens is 408 g/mol. The average Bonchev–Trinajstić information content (AvgIpc) is 3.20. The van der Waals surface area contributed by atoms with Gasteiger partial charge in [-0.3, -0.25) is 9.59 Å². The number of amides is 2. The molecule has 2 amide bonds. The van der Waals surface area contributed by atoms with Crippen LogP contribution in [0.25, 0.3) is 22.1 Å². The van der Waals surface area contributed by atoms with E-state index in [1.165, 1.54) is 11.3 Å². The van der Waals surface area contributed by atoms with E-state index in [0.717, 1.165) is 21.4 Å². The Morgan fingerprint density at radius 1 is 1.07 bits per heavy atom. The second-order valence-corrected chi connectivity index (χ2v) is 8.23. The van der Waals surface area contributed by atoms with Crippen molar-refractivity contribution >= 4 is 50.7 Å². The van der Waals surface area contributed by atoms with E-state index in [0.29, 0.717) is 26.7 Å². The molecule has 0 fully saturated rings. The predicted octanol–water partition coefficient (Wildman–Crippen LogP) is 5.78. The Balaban J connectivity index is 1.77. The van der Waals surface area contributed by atoms with Gasteiger partial charge in [-0.25, -0.2) is 0 Å². The van der Waals surface area contributed by atoms with Gasteiger partial charge in [-0.1, -0.05) is 54.1 Å². The van der Waals surface area contributed by atoms with Crippen molar-refractivity contribution < 1.29 is 14.0 Å². The normalized spacial score (nSPS) is 11.0. The summed E-state index contributed by atoms with van der Waals surface area (Å²) in [6.07, 6.45) is 0. The van der Waals surface area contributed by atoms with Crippen molar-refractivity contribution in [2.24, 2.45) is 5.73 Å². The number of hydrogen-bond donors (Lipinski definition) is 2. The quantitative estimate of drug-likeness (QED) is 0.435. The average molecular weight is 425 g/mol. The predicted molar refractivity (Wildman–Crippen MR) is 117 cm³/mol. The molecule has 5 nitrogen and oxygen atoms in total. The molecule has 0 atom stereocenters. The number of thiophene rings is 1. The Bertz CT molecular complexity index is 1260. The van der Waals surface area contributed by atoms with Crippen LogP contribution in [0, 0.1) is 13.8 Å². The first-order valence-corrected chi connectivity index (χ1v) is 10.1. The highest BCUT2D eigenvalue weighted by atomic mass is 35.5. The summed E-state index contributed by atoms with van der Waals surface area (Å²) in [7, 11) is 0. The first-order valence-electron chi connectivity index (χ1n) is 8.86. The summed E-state index contributed by atoms with van der Waals surface area (Å²) in [4.78, 5) is 26.1. The Kier molecular flexibility index (Phi) is 4.90. The van der Waals surface area contributed by atoms with Gasteiger partial charge in [0.25, 0.3) is 11.8 Å². The molecule has 0 spiro atoms. The molecule has 29 heavy (non-hydrogen) atoms. The number of furan rings is 1. The highest BCUT2D eigenvalue weighted by Gasteiger charge is 2.25. The number of primary amides is 1. The Morgan fingerprint density at radius 3 is 2.45 bits per heavy atom. The fourth-order valence-corrected chi connectivity index (χ4v) is 4.70. The number of nitrogens with two attached hydrogens (primary N) is 1. The smallest absolute Gasteiger partial charge is 0.292 e. The molecule has 0 bridgehead atoms. The van der Waals surface area contributed by atoms with Crippen LogP contribution in [-0.2, 0) is 0 Å². The molecule has 3 N–H and O–H groups in total. The third-order valence-electron chi connectivity index (χ3n) is 4.74. The number of carbonyl (C=O) groups excluding carboxylic acids is 2. The van der Waals surface area contributed by atoms with Crippen LogP contribution in [-0.4, -0.2) is 11.8 Å². The number of fused-ring (bicyclic) bond motifs is 1. The fourth-order valence-electron chi connectivity index (χ4n) is 3.41. The van der Waals surface area contributed by atoms with Gasteiger partial charge < -0.3 is 15.5 Å². The maximum Gasteiger partial charge on any atom is 0.292 e. The zero-order valence-corrected chi connectivity index (χ0v) is 17.3. The minimum Gasteiger partial charge on any atom is -0.449 e. The lowest BCUT2D eigenvalue weighted by atomic mass is 10.0. The molecular formula is C22H17ClN2O3S. The van der Waals surface area contributed by atoms with E-state index in [4.69, 9.17) is 21.8 Å². The molecule has 0 saturated heterocycles. The molecule has 4 rings (SSSR count). The number of rotatable bonds is 4. The lowest BCUT2D eigenvalue weighted by molar-refractivity contribution is 0.0998. The lowest BCUT2D eigenvalue weighted by Gasteiger charge is -2.06. The topological polar surface area (TPSA) is 85.3 Å². The summed E-state index contributed by atoms with van der Waals surface area (Å²) in [6, 6.07) is 14.8. The Labute approximate surface area is 176 Å². The molecule has 0 saturated carbocycles. The van der Waals surface area contributed by atoms with Crippen molar-refractivity contribution in [1.29, 1.82) is 0 Å². The molecule has 0 aliphatic carbocycles. The summed E-state index contributed by atoms with van der Waals surface area (Å²) >= 11 is 7.48. The summed E-state index contributed by atoms with van der Waals surface area (Å²) in [5.41, 5.74) is 8.68. The highest BCUT2D eigenvalue weighted by Crippen LogP contribution is 2.40. The summed E-state index contributed by atoms with van der Waals surface area (Å²) in [5.74, 6) is -0.915. The zero-order chi connectivity index (χ0) is 20.7. The van der Waals surface area contributed by atoms with E-state index in [9.17, 15) is 9.59 Å². The number of carbonyl (C=O) groups is 2. The molecule has 4 aromatic rings. The SMILES string of the molecule is Cc1sc(NC(=O)c2oc3c(Cl)cccc3c2C)c(C(N)=O)c1-c1ccccc1. The largest absolute Gasteiger partial charge is 0.449 e. The molecule has 2 heterocycles. The minimum absolute atomic E-state index is 0.149. The number of anilines is 1. The third-order valence-corrected chi connectivity index (χ3v) is 6.06. The lowest BCUT2D eigenvalue weighted by Crippen LogP contribution is -2.17. The van der Waals surface area contributed by atoms with Crippen LogP contribution in [0.5, 0.6) is 0 Å². The number of hydrogen-bond acceptors (Lipinski definition) is 4. The van der Waals surface area contributed by atoms with E-state index in [2.05, 4.69) is 5.32 Å². The summed E-state index contributed by atoms with van der Waals surface area (Å²) in [6.45, 7) is 3.68. The van der Waals surface area contributed by atoms with Gasteiger partial charge in [0.2, 0.25) is 0 Å². The van der Waals surface area contributed by atoms with Crippen molar-refractivity contribution in [2.45, 2.75) is 13.8 Å². The van der Waals surface area contributed by atoms with E-state index in [1.807, 2.05) is 43.3 Å². The van der Waals surface area contributed by atoms with Gasteiger partial charge in [0, 0.05) is 21.4 Å². The van der Waals surface area contributed by atoms with Gasteiger partial charge in [0.05, 0.1) is 10.6 Å². The molecule has 0 aliphatic rings. The van der Waals surface area contributed by atoms with Crippen LogP contribution >= 0.6 is 22.9 Å². The van der Waals surface area contributed by atoms with Gasteiger partial charge in [-0.2, -0.15) is 0 Å². The number of para-hydroxylation sites is 1. The number of aryl methyl sites for hydroxylation is 2. The van der Waals surface area contributed by atoms with Crippen LogP contribution < -0.4 is 11.1 Å². The molecule has 0 aliphatic heterocycles. The highest BCUT2D eigenvalue weighted by molar-refractivity contribution is 7.17. The van der Waals surface area contributed by atoms with Crippen LogP contribution in [0.2, 0.25) is 5.02 Å². The maximum absolute atomic E-state index is 13.0. The van der Waals surface area contributed by atoms with Crippen molar-refractivity contribution in [3.05, 3.63) is 75.3 Å². The van der Waals surface area contributed by atoms with Crippen LogP contribution in [0.4, 0.5) is 5.00 Å². The van der Waals surface area contributed by atoms with Crippen molar-refractivity contribution in [3.8, 4) is 11.1 Å². The van der Waals surface area contributed by atoms with Crippen LogP contribution in [0.3, 0.4) is 0 Å². The third kappa shape index (κ3) is 3.30. The van der Waals surface area contributed by atoms with E-state index in [-0.39, 0.29) is 5.76 Å². The van der Waals surface area contributed by atoms with E-state index in [1.54, 1.807) is 19.1 Å². The van der Waals surface area contributed by atoms with Gasteiger partial charge >= 0.3 is 0 Å². The molecule has 7 heteroatoms. The van der Waals surface area contributed by atoms with Crippen molar-refractivity contribution in [1.82, 2.24) is 0 Å². The first kappa shape index (κ1) is 19.2. The molecule has 2 aromatic carbocycles. The van der Waals surface area contributed by atoms with Crippen molar-refractivity contribution in [3.63, 3.8) is 0 Å². The summed E-state index contributed by atoms with van der Waals surface area (Å²) in [5, 5.41) is 4.40.